The molecule has 1 N–H and O–H groups in total. The molecule has 3 nitrogen and oxygen atoms in total. The van der Waals surface area contributed by atoms with Crippen molar-refractivity contribution in [2.75, 3.05) is 6.54 Å². The van der Waals surface area contributed by atoms with Crippen LogP contribution < -0.4 is 5.32 Å². The summed E-state index contributed by atoms with van der Waals surface area (Å²) in [7, 11) is 0. The van der Waals surface area contributed by atoms with Gasteiger partial charge < -0.3 is 5.32 Å². The molecule has 1 aromatic heterocycles. The van der Waals surface area contributed by atoms with Crippen molar-refractivity contribution in [2.45, 2.75) is 26.7 Å². The summed E-state index contributed by atoms with van der Waals surface area (Å²) in [6.07, 6.45) is 3.25. The van der Waals surface area contributed by atoms with Gasteiger partial charge in [0.1, 0.15) is 11.0 Å². The Balaban J connectivity index is 2.14. The van der Waals surface area contributed by atoms with Gasteiger partial charge in [-0.15, -0.1) is 0 Å². The van der Waals surface area contributed by atoms with Crippen molar-refractivity contribution in [1.29, 1.82) is 0 Å². The molecule has 0 radical (unpaired) electrons. The average Bonchev–Trinajstić information content (AvgIpc) is 2.57. The third-order valence-electron chi connectivity index (χ3n) is 4.43. The van der Waals surface area contributed by atoms with Crippen LogP contribution in [0.3, 0.4) is 0 Å². The minimum Gasteiger partial charge on any atom is -0.352 e. The fraction of sp³-hybridized carbons (Fsp3) is 0.263. The lowest BCUT2D eigenvalue weighted by Crippen LogP contribution is -2.31. The summed E-state index contributed by atoms with van der Waals surface area (Å²) in [6, 6.07) is 6.48. The standard InChI is InChI=1S/C19H18ClFN2O/c1-11(15-4-3-7-22-19(15)24)16-8-14(21)9-17(12(16)2)13-5-6-18(20)23-10-13/h5-6,8-10H,3-4,7H2,1-2H3,(H,22,24)/b15-11+. The minimum absolute atomic E-state index is 0.0582. The molecular formula is C19H18ClFN2O. The number of rotatable bonds is 2. The van der Waals surface area contributed by atoms with Gasteiger partial charge in [0.15, 0.2) is 0 Å². The number of carbonyl (C=O) groups is 1. The van der Waals surface area contributed by atoms with Gasteiger partial charge in [-0.2, -0.15) is 0 Å². The van der Waals surface area contributed by atoms with Crippen LogP contribution in [0.2, 0.25) is 5.15 Å². The molecule has 1 saturated heterocycles. The van der Waals surface area contributed by atoms with Crippen LogP contribution >= 0.6 is 11.6 Å². The highest BCUT2D eigenvalue weighted by atomic mass is 35.5. The Kier molecular flexibility index (Phi) is 4.67. The lowest BCUT2D eigenvalue weighted by Gasteiger charge is -2.20. The summed E-state index contributed by atoms with van der Waals surface area (Å²) < 4.78 is 14.2. The second-order valence-corrected chi connectivity index (χ2v) is 6.35. The van der Waals surface area contributed by atoms with Crippen LogP contribution in [0, 0.1) is 12.7 Å². The zero-order valence-electron chi connectivity index (χ0n) is 13.6. The summed E-state index contributed by atoms with van der Waals surface area (Å²) in [5.41, 5.74) is 4.78. The van der Waals surface area contributed by atoms with Crippen molar-refractivity contribution >= 4 is 23.1 Å². The van der Waals surface area contributed by atoms with E-state index >= 15 is 0 Å². The molecule has 1 aliphatic heterocycles. The highest BCUT2D eigenvalue weighted by Crippen LogP contribution is 2.33. The third-order valence-corrected chi connectivity index (χ3v) is 4.65. The molecular weight excluding hydrogens is 327 g/mol. The van der Waals surface area contributed by atoms with E-state index in [9.17, 15) is 9.18 Å². The van der Waals surface area contributed by atoms with E-state index in [4.69, 9.17) is 11.6 Å². The van der Waals surface area contributed by atoms with E-state index in [-0.39, 0.29) is 11.7 Å². The fourth-order valence-electron chi connectivity index (χ4n) is 3.11. The lowest BCUT2D eigenvalue weighted by atomic mass is 9.89. The Morgan fingerprint density at radius 1 is 1.33 bits per heavy atom. The van der Waals surface area contributed by atoms with Crippen LogP contribution in [-0.2, 0) is 4.79 Å². The summed E-state index contributed by atoms with van der Waals surface area (Å²) in [5, 5.41) is 3.25. The first-order chi connectivity index (χ1) is 11.5. The molecule has 2 aromatic rings. The number of aromatic nitrogens is 1. The largest absolute Gasteiger partial charge is 0.352 e. The van der Waals surface area contributed by atoms with Gasteiger partial charge in [-0.25, -0.2) is 9.37 Å². The molecule has 0 bridgehead atoms. The zero-order valence-corrected chi connectivity index (χ0v) is 14.4. The number of hydrogen-bond donors (Lipinski definition) is 1. The topological polar surface area (TPSA) is 42.0 Å². The molecule has 2 heterocycles. The summed E-state index contributed by atoms with van der Waals surface area (Å²) >= 11 is 5.83. The van der Waals surface area contributed by atoms with Crippen molar-refractivity contribution in [1.82, 2.24) is 10.3 Å². The Bertz CT molecular complexity index is 828. The number of nitrogens with one attached hydrogen (secondary N) is 1. The van der Waals surface area contributed by atoms with E-state index in [1.54, 1.807) is 12.3 Å². The monoisotopic (exact) mass is 344 g/mol. The van der Waals surface area contributed by atoms with Crippen LogP contribution in [0.15, 0.2) is 36.0 Å². The predicted molar refractivity (Wildman–Crippen MR) is 94.2 cm³/mol. The van der Waals surface area contributed by atoms with Crippen molar-refractivity contribution in [3.8, 4) is 11.1 Å². The maximum atomic E-state index is 14.2. The molecule has 0 saturated carbocycles. The number of amides is 1. The zero-order chi connectivity index (χ0) is 17.3. The average molecular weight is 345 g/mol. The van der Waals surface area contributed by atoms with Gasteiger partial charge in [-0.1, -0.05) is 11.6 Å². The van der Waals surface area contributed by atoms with Crippen LogP contribution in [-0.4, -0.2) is 17.4 Å². The number of nitrogens with zero attached hydrogens (tertiary/aromatic N) is 1. The molecule has 1 amide bonds. The molecule has 1 aromatic carbocycles. The van der Waals surface area contributed by atoms with Crippen LogP contribution in [0.5, 0.6) is 0 Å². The van der Waals surface area contributed by atoms with Crippen LogP contribution in [0.4, 0.5) is 4.39 Å². The van der Waals surface area contributed by atoms with Crippen LogP contribution in [0.25, 0.3) is 16.7 Å². The van der Waals surface area contributed by atoms with Crippen LogP contribution in [0.1, 0.15) is 30.9 Å². The van der Waals surface area contributed by atoms with Crippen molar-refractivity contribution < 1.29 is 9.18 Å². The highest BCUT2D eigenvalue weighted by molar-refractivity contribution is 6.29. The number of allylic oxidation sites excluding steroid dienone is 1. The van der Waals surface area contributed by atoms with Gasteiger partial charge in [0.2, 0.25) is 5.91 Å². The minimum atomic E-state index is -0.336. The molecule has 124 valence electrons. The third kappa shape index (κ3) is 3.20. The molecule has 24 heavy (non-hydrogen) atoms. The maximum absolute atomic E-state index is 14.2. The number of halogens is 2. The first kappa shape index (κ1) is 16.7. The molecule has 3 rings (SSSR count). The Hall–Kier alpha value is -2.20. The van der Waals surface area contributed by atoms with Gasteiger partial charge in [0, 0.05) is 23.9 Å². The number of pyridine rings is 1. The van der Waals surface area contributed by atoms with E-state index < -0.39 is 0 Å². The molecule has 5 heteroatoms. The molecule has 0 atom stereocenters. The highest BCUT2D eigenvalue weighted by Gasteiger charge is 2.20. The van der Waals surface area contributed by atoms with Crippen molar-refractivity contribution in [2.24, 2.45) is 0 Å². The quantitative estimate of drug-likeness (QED) is 0.642. The fourth-order valence-corrected chi connectivity index (χ4v) is 3.22. The Morgan fingerprint density at radius 3 is 2.79 bits per heavy atom. The Labute approximate surface area is 145 Å². The number of hydrogen-bond acceptors (Lipinski definition) is 2. The van der Waals surface area contributed by atoms with E-state index in [2.05, 4.69) is 10.3 Å². The van der Waals surface area contributed by atoms with Gasteiger partial charge >= 0.3 is 0 Å². The van der Waals surface area contributed by atoms with Gasteiger partial charge in [0.05, 0.1) is 0 Å². The Morgan fingerprint density at radius 2 is 2.12 bits per heavy atom. The van der Waals surface area contributed by atoms with Gasteiger partial charge in [-0.05, 0) is 73.2 Å². The molecule has 0 aliphatic carbocycles. The molecule has 1 fully saturated rings. The molecule has 0 unspecified atom stereocenters. The van der Waals surface area contributed by atoms with Gasteiger partial charge in [-0.3, -0.25) is 4.79 Å². The second kappa shape index (κ2) is 6.73. The van der Waals surface area contributed by atoms with E-state index in [0.29, 0.717) is 18.1 Å². The van der Waals surface area contributed by atoms with E-state index in [1.165, 1.54) is 12.1 Å². The molecule has 1 aliphatic rings. The smallest absolute Gasteiger partial charge is 0.247 e. The number of benzene rings is 1. The summed E-state index contributed by atoms with van der Waals surface area (Å²) in [6.45, 7) is 4.51. The van der Waals surface area contributed by atoms with Crippen molar-refractivity contribution in [3.05, 3.63) is 58.1 Å². The first-order valence-corrected chi connectivity index (χ1v) is 8.25. The number of piperidine rings is 1. The molecule has 0 spiro atoms. The van der Waals surface area contributed by atoms with Gasteiger partial charge in [0.25, 0.3) is 0 Å². The SMILES string of the molecule is C/C(=C1/CCCNC1=O)c1cc(F)cc(-c2ccc(Cl)nc2)c1C. The van der Waals surface area contributed by atoms with E-state index in [0.717, 1.165) is 39.8 Å². The second-order valence-electron chi connectivity index (χ2n) is 5.96. The summed E-state index contributed by atoms with van der Waals surface area (Å²) in [5.74, 6) is -0.395. The normalized spacial score (nSPS) is 16.8. The predicted octanol–water partition coefficient (Wildman–Crippen LogP) is 4.53. The summed E-state index contributed by atoms with van der Waals surface area (Å²) in [4.78, 5) is 16.2. The first-order valence-electron chi connectivity index (χ1n) is 7.88. The van der Waals surface area contributed by atoms with Crippen molar-refractivity contribution in [3.63, 3.8) is 0 Å². The van der Waals surface area contributed by atoms with E-state index in [1.807, 2.05) is 19.9 Å². The lowest BCUT2D eigenvalue weighted by molar-refractivity contribution is -0.118. The maximum Gasteiger partial charge on any atom is 0.247 e. The number of carbonyl (C=O) groups excluding carboxylic acids is 1.